The monoisotopic (exact) mass is 229 g/mol. The van der Waals surface area contributed by atoms with E-state index < -0.39 is 0 Å². The number of carbonyl (C=O) groups excluding carboxylic acids is 1. The van der Waals surface area contributed by atoms with Crippen LogP contribution in [0.5, 0.6) is 0 Å². The van der Waals surface area contributed by atoms with Crippen molar-refractivity contribution in [2.24, 2.45) is 0 Å². The normalized spacial score (nSPS) is 19.4. The predicted octanol–water partition coefficient (Wildman–Crippen LogP) is 2.18. The fourth-order valence-corrected chi connectivity index (χ4v) is 1.86. The van der Waals surface area contributed by atoms with Crippen LogP contribution >= 0.6 is 0 Å². The Hall–Kier alpha value is -1.79. The van der Waals surface area contributed by atoms with Gasteiger partial charge in [0, 0.05) is 17.9 Å². The summed E-state index contributed by atoms with van der Waals surface area (Å²) in [6.45, 7) is 0.669. The van der Waals surface area contributed by atoms with E-state index in [0.29, 0.717) is 6.61 Å². The maximum atomic E-state index is 11.9. The molecule has 3 heteroatoms. The smallest absolute Gasteiger partial charge is 0.253 e. The van der Waals surface area contributed by atoms with Gasteiger partial charge in [-0.3, -0.25) is 4.79 Å². The summed E-state index contributed by atoms with van der Waals surface area (Å²) in [5.41, 5.74) is 1.48. The second-order valence-corrected chi connectivity index (χ2v) is 4.07. The van der Waals surface area contributed by atoms with Gasteiger partial charge in [0.15, 0.2) is 0 Å². The lowest BCUT2D eigenvalue weighted by atomic mass is 10.1. The van der Waals surface area contributed by atoms with Crippen LogP contribution in [0.4, 0.5) is 5.69 Å². The van der Waals surface area contributed by atoms with Crippen LogP contribution in [0.1, 0.15) is 24.8 Å². The van der Waals surface area contributed by atoms with Crippen molar-refractivity contribution in [2.75, 3.05) is 11.9 Å². The molecule has 1 atom stereocenters. The van der Waals surface area contributed by atoms with E-state index in [1.165, 1.54) is 0 Å². The largest absolute Gasteiger partial charge is 0.368 e. The second kappa shape index (κ2) is 5.51. The van der Waals surface area contributed by atoms with E-state index in [1.807, 2.05) is 18.2 Å². The first kappa shape index (κ1) is 11.7. The van der Waals surface area contributed by atoms with E-state index in [0.717, 1.165) is 30.5 Å². The van der Waals surface area contributed by atoms with Crippen LogP contribution < -0.4 is 5.32 Å². The number of carbonyl (C=O) groups is 1. The Balaban J connectivity index is 1.99. The molecule has 1 aromatic carbocycles. The predicted molar refractivity (Wildman–Crippen MR) is 66.6 cm³/mol. The van der Waals surface area contributed by atoms with Gasteiger partial charge >= 0.3 is 0 Å². The summed E-state index contributed by atoms with van der Waals surface area (Å²) in [4.78, 5) is 11.9. The molecule has 1 saturated heterocycles. The summed E-state index contributed by atoms with van der Waals surface area (Å²) >= 11 is 0. The zero-order valence-electron chi connectivity index (χ0n) is 9.61. The number of nitrogens with one attached hydrogen (secondary N) is 1. The molecule has 1 heterocycles. The minimum atomic E-state index is -0.321. The SMILES string of the molecule is C#Cc1cccc(NC(=O)C2CCCCO2)c1. The first-order valence-corrected chi connectivity index (χ1v) is 5.79. The van der Waals surface area contributed by atoms with Gasteiger partial charge in [-0.25, -0.2) is 0 Å². The van der Waals surface area contributed by atoms with Crippen LogP contribution in [0, 0.1) is 12.3 Å². The first-order valence-electron chi connectivity index (χ1n) is 5.79. The summed E-state index contributed by atoms with van der Waals surface area (Å²) in [6.07, 6.45) is 7.86. The van der Waals surface area contributed by atoms with Gasteiger partial charge in [0.1, 0.15) is 6.10 Å². The second-order valence-electron chi connectivity index (χ2n) is 4.07. The number of hydrogen-bond donors (Lipinski definition) is 1. The highest BCUT2D eigenvalue weighted by Gasteiger charge is 2.21. The number of ether oxygens (including phenoxy) is 1. The summed E-state index contributed by atoms with van der Waals surface area (Å²) in [5, 5.41) is 2.83. The molecule has 17 heavy (non-hydrogen) atoms. The average molecular weight is 229 g/mol. The molecule has 1 amide bonds. The minimum absolute atomic E-state index is 0.0844. The third-order valence-electron chi connectivity index (χ3n) is 2.77. The van der Waals surface area contributed by atoms with Gasteiger partial charge in [-0.15, -0.1) is 6.42 Å². The molecule has 1 fully saturated rings. The summed E-state index contributed by atoms with van der Waals surface area (Å²) < 4.78 is 5.42. The maximum Gasteiger partial charge on any atom is 0.253 e. The van der Waals surface area contributed by atoms with Gasteiger partial charge in [0.2, 0.25) is 0 Å². The molecular formula is C14H15NO2. The van der Waals surface area contributed by atoms with Crippen LogP contribution in [0.3, 0.4) is 0 Å². The first-order chi connectivity index (χ1) is 8.29. The Kier molecular flexibility index (Phi) is 3.79. The van der Waals surface area contributed by atoms with E-state index in [-0.39, 0.29) is 12.0 Å². The molecule has 0 aromatic heterocycles. The highest BCUT2D eigenvalue weighted by Crippen LogP contribution is 2.16. The molecule has 1 N–H and O–H groups in total. The van der Waals surface area contributed by atoms with Crippen molar-refractivity contribution in [1.82, 2.24) is 0 Å². The minimum Gasteiger partial charge on any atom is -0.368 e. The summed E-state index contributed by atoms with van der Waals surface area (Å²) in [5.74, 6) is 2.45. The Labute approximate surface area is 101 Å². The molecule has 1 aromatic rings. The highest BCUT2D eigenvalue weighted by atomic mass is 16.5. The number of amides is 1. The van der Waals surface area contributed by atoms with Gasteiger partial charge in [-0.2, -0.15) is 0 Å². The Morgan fingerprint density at radius 1 is 1.47 bits per heavy atom. The number of anilines is 1. The topological polar surface area (TPSA) is 38.3 Å². The van der Waals surface area contributed by atoms with E-state index in [4.69, 9.17) is 11.2 Å². The zero-order chi connectivity index (χ0) is 12.1. The molecule has 1 unspecified atom stereocenters. The van der Waals surface area contributed by atoms with Crippen LogP contribution in [0.15, 0.2) is 24.3 Å². The average Bonchev–Trinajstić information content (AvgIpc) is 2.40. The fraction of sp³-hybridized carbons (Fsp3) is 0.357. The van der Waals surface area contributed by atoms with E-state index in [9.17, 15) is 4.79 Å². The molecule has 0 spiro atoms. The van der Waals surface area contributed by atoms with Crippen molar-refractivity contribution in [3.8, 4) is 12.3 Å². The molecule has 0 aliphatic carbocycles. The van der Waals surface area contributed by atoms with Crippen molar-refractivity contribution in [3.63, 3.8) is 0 Å². The van der Waals surface area contributed by atoms with E-state index in [2.05, 4.69) is 11.2 Å². The molecule has 2 rings (SSSR count). The number of rotatable bonds is 2. The van der Waals surface area contributed by atoms with Crippen molar-refractivity contribution in [3.05, 3.63) is 29.8 Å². The number of benzene rings is 1. The highest BCUT2D eigenvalue weighted by molar-refractivity contribution is 5.94. The van der Waals surface area contributed by atoms with E-state index in [1.54, 1.807) is 6.07 Å². The van der Waals surface area contributed by atoms with Crippen LogP contribution in [-0.2, 0) is 9.53 Å². The fourth-order valence-electron chi connectivity index (χ4n) is 1.86. The van der Waals surface area contributed by atoms with Crippen molar-refractivity contribution in [2.45, 2.75) is 25.4 Å². The van der Waals surface area contributed by atoms with Gasteiger partial charge in [0.25, 0.3) is 5.91 Å². The zero-order valence-corrected chi connectivity index (χ0v) is 9.61. The molecule has 0 radical (unpaired) electrons. The van der Waals surface area contributed by atoms with Gasteiger partial charge < -0.3 is 10.1 Å². The molecule has 3 nitrogen and oxygen atoms in total. The lowest BCUT2D eigenvalue weighted by molar-refractivity contribution is -0.129. The van der Waals surface area contributed by atoms with Crippen molar-refractivity contribution < 1.29 is 9.53 Å². The van der Waals surface area contributed by atoms with Crippen molar-refractivity contribution >= 4 is 11.6 Å². The van der Waals surface area contributed by atoms with Crippen LogP contribution in [-0.4, -0.2) is 18.6 Å². The molecule has 88 valence electrons. The Bertz CT molecular complexity index is 442. The van der Waals surface area contributed by atoms with Gasteiger partial charge in [-0.1, -0.05) is 12.0 Å². The molecule has 1 aliphatic rings. The van der Waals surface area contributed by atoms with Crippen molar-refractivity contribution in [1.29, 1.82) is 0 Å². The molecular weight excluding hydrogens is 214 g/mol. The van der Waals surface area contributed by atoms with E-state index >= 15 is 0 Å². The third kappa shape index (κ3) is 3.08. The number of terminal acetylenes is 1. The van der Waals surface area contributed by atoms with Gasteiger partial charge in [0.05, 0.1) is 0 Å². The Morgan fingerprint density at radius 3 is 3.06 bits per heavy atom. The molecule has 0 saturated carbocycles. The van der Waals surface area contributed by atoms with Crippen LogP contribution in [0.2, 0.25) is 0 Å². The standard InChI is InChI=1S/C14H15NO2/c1-2-11-6-5-7-12(10-11)15-14(16)13-8-3-4-9-17-13/h1,5-7,10,13H,3-4,8-9H2,(H,15,16). The quantitative estimate of drug-likeness (QED) is 0.789. The number of hydrogen-bond acceptors (Lipinski definition) is 2. The maximum absolute atomic E-state index is 11.9. The summed E-state index contributed by atoms with van der Waals surface area (Å²) in [6, 6.07) is 7.25. The lowest BCUT2D eigenvalue weighted by Gasteiger charge is -2.21. The lowest BCUT2D eigenvalue weighted by Crippen LogP contribution is -2.33. The van der Waals surface area contributed by atoms with Crippen LogP contribution in [0.25, 0.3) is 0 Å². The summed E-state index contributed by atoms with van der Waals surface area (Å²) in [7, 11) is 0. The third-order valence-corrected chi connectivity index (χ3v) is 2.77. The molecule has 1 aliphatic heterocycles. The molecule has 0 bridgehead atoms. The Morgan fingerprint density at radius 2 is 2.35 bits per heavy atom. The van der Waals surface area contributed by atoms with Gasteiger partial charge in [-0.05, 0) is 37.5 Å².